The summed E-state index contributed by atoms with van der Waals surface area (Å²) >= 11 is 3.60. The number of nitrogens with zero attached hydrogens (tertiary/aromatic N) is 2. The Morgan fingerprint density at radius 2 is 1.75 bits per heavy atom. The van der Waals surface area contributed by atoms with Gasteiger partial charge in [0.05, 0.1) is 0 Å². The summed E-state index contributed by atoms with van der Waals surface area (Å²) in [5.74, 6) is 0.792. The molecule has 0 amide bonds. The lowest BCUT2D eigenvalue weighted by molar-refractivity contribution is 0.774. The van der Waals surface area contributed by atoms with Crippen LogP contribution in [-0.4, -0.2) is 23.6 Å². The first-order chi connectivity index (χ1) is 9.52. The summed E-state index contributed by atoms with van der Waals surface area (Å²) in [5, 5.41) is 3.17. The molecule has 0 saturated carbocycles. The number of hydrogen-bond acceptors (Lipinski definition) is 3. The number of benzene rings is 1. The Morgan fingerprint density at radius 1 is 1.10 bits per heavy atom. The van der Waals surface area contributed by atoms with E-state index in [0.29, 0.717) is 0 Å². The minimum atomic E-state index is 0.792. The van der Waals surface area contributed by atoms with Crippen molar-refractivity contribution in [2.45, 2.75) is 27.2 Å². The van der Waals surface area contributed by atoms with Gasteiger partial charge in [0.25, 0.3) is 0 Å². The average Bonchev–Trinajstić information content (AvgIpc) is 2.37. The van der Waals surface area contributed by atoms with Crippen LogP contribution in [0.15, 0.2) is 22.7 Å². The van der Waals surface area contributed by atoms with Gasteiger partial charge in [0.15, 0.2) is 5.82 Å². The van der Waals surface area contributed by atoms with Crippen molar-refractivity contribution in [3.05, 3.63) is 45.2 Å². The second kappa shape index (κ2) is 6.46. The minimum Gasteiger partial charge on any atom is -0.319 e. The van der Waals surface area contributed by atoms with E-state index in [4.69, 9.17) is 0 Å². The fourth-order valence-corrected chi connectivity index (χ4v) is 2.94. The molecule has 0 saturated heterocycles. The molecule has 0 aliphatic carbocycles. The number of aromatic nitrogens is 2. The van der Waals surface area contributed by atoms with Gasteiger partial charge in [0.2, 0.25) is 0 Å². The van der Waals surface area contributed by atoms with Gasteiger partial charge in [0, 0.05) is 21.4 Å². The molecule has 20 heavy (non-hydrogen) atoms. The zero-order valence-electron chi connectivity index (χ0n) is 12.4. The molecule has 106 valence electrons. The maximum atomic E-state index is 4.68. The highest BCUT2D eigenvalue weighted by Crippen LogP contribution is 2.27. The van der Waals surface area contributed by atoms with Crippen molar-refractivity contribution in [2.75, 3.05) is 13.6 Å². The molecule has 2 rings (SSSR count). The van der Waals surface area contributed by atoms with Gasteiger partial charge < -0.3 is 5.32 Å². The van der Waals surface area contributed by atoms with Crippen LogP contribution >= 0.6 is 15.9 Å². The molecule has 0 spiro atoms. The smallest absolute Gasteiger partial charge is 0.160 e. The molecular formula is C16H20BrN3. The summed E-state index contributed by atoms with van der Waals surface area (Å²) in [6, 6.07) is 6.25. The number of halogens is 1. The van der Waals surface area contributed by atoms with Crippen LogP contribution in [0.3, 0.4) is 0 Å². The summed E-state index contributed by atoms with van der Waals surface area (Å²) in [6.07, 6.45) is 0.962. The van der Waals surface area contributed by atoms with Gasteiger partial charge in [-0.1, -0.05) is 22.0 Å². The Balaban J connectivity index is 2.44. The van der Waals surface area contributed by atoms with Crippen molar-refractivity contribution in [1.82, 2.24) is 15.3 Å². The minimum absolute atomic E-state index is 0.792. The molecule has 2 aromatic rings. The van der Waals surface area contributed by atoms with E-state index in [9.17, 15) is 0 Å². The number of nitrogens with one attached hydrogen (secondary N) is 1. The predicted molar refractivity (Wildman–Crippen MR) is 87.0 cm³/mol. The third kappa shape index (κ3) is 3.25. The monoisotopic (exact) mass is 333 g/mol. The molecule has 0 radical (unpaired) electrons. The van der Waals surface area contributed by atoms with Crippen molar-refractivity contribution in [3.8, 4) is 11.4 Å². The van der Waals surface area contributed by atoms with Gasteiger partial charge in [-0.15, -0.1) is 0 Å². The Bertz CT molecular complexity index is 600. The van der Waals surface area contributed by atoms with E-state index in [1.807, 2.05) is 7.05 Å². The van der Waals surface area contributed by atoms with Crippen molar-refractivity contribution < 1.29 is 0 Å². The highest BCUT2D eigenvalue weighted by molar-refractivity contribution is 9.10. The molecule has 1 N–H and O–H groups in total. The van der Waals surface area contributed by atoms with Crippen LogP contribution in [0.4, 0.5) is 0 Å². The average molecular weight is 334 g/mol. The lowest BCUT2D eigenvalue weighted by atomic mass is 10.1. The van der Waals surface area contributed by atoms with Gasteiger partial charge in [-0.25, -0.2) is 9.97 Å². The third-order valence-electron chi connectivity index (χ3n) is 3.41. The summed E-state index contributed by atoms with van der Waals surface area (Å²) in [7, 11) is 1.96. The van der Waals surface area contributed by atoms with Gasteiger partial charge in [-0.05, 0) is 64.0 Å². The second-order valence-electron chi connectivity index (χ2n) is 5.03. The normalized spacial score (nSPS) is 10.8. The molecule has 0 aliphatic rings. The quantitative estimate of drug-likeness (QED) is 0.928. The van der Waals surface area contributed by atoms with Crippen LogP contribution in [0.25, 0.3) is 11.4 Å². The van der Waals surface area contributed by atoms with Crippen LogP contribution in [0.5, 0.6) is 0 Å². The van der Waals surface area contributed by atoms with E-state index in [-0.39, 0.29) is 0 Å². The molecule has 0 atom stereocenters. The summed E-state index contributed by atoms with van der Waals surface area (Å²) in [5.41, 5.74) is 5.64. The van der Waals surface area contributed by atoms with E-state index < -0.39 is 0 Å². The number of aryl methyl sites for hydroxylation is 3. The first-order valence-corrected chi connectivity index (χ1v) is 7.57. The first kappa shape index (κ1) is 15.1. The molecule has 0 bridgehead atoms. The molecule has 0 fully saturated rings. The molecule has 3 nitrogen and oxygen atoms in total. The number of likely N-dealkylation sites (N-methyl/N-ethyl adjacent to an activating group) is 1. The van der Waals surface area contributed by atoms with E-state index in [2.05, 4.69) is 70.2 Å². The van der Waals surface area contributed by atoms with Crippen molar-refractivity contribution >= 4 is 15.9 Å². The maximum Gasteiger partial charge on any atom is 0.160 e. The van der Waals surface area contributed by atoms with E-state index in [1.165, 1.54) is 11.1 Å². The lowest BCUT2D eigenvalue weighted by Gasteiger charge is -2.12. The first-order valence-electron chi connectivity index (χ1n) is 6.78. The number of hydrogen-bond donors (Lipinski definition) is 1. The molecule has 1 aromatic carbocycles. The topological polar surface area (TPSA) is 37.8 Å². The van der Waals surface area contributed by atoms with Crippen molar-refractivity contribution in [2.24, 2.45) is 0 Å². The summed E-state index contributed by atoms with van der Waals surface area (Å²) < 4.78 is 1.04. The SMILES string of the molecule is CNCCc1c(C)nc(-c2ccc(C)cc2Br)nc1C. The Hall–Kier alpha value is -1.26. The van der Waals surface area contributed by atoms with Crippen LogP contribution < -0.4 is 5.32 Å². The molecule has 1 aromatic heterocycles. The van der Waals surface area contributed by atoms with Crippen LogP contribution in [0, 0.1) is 20.8 Å². The third-order valence-corrected chi connectivity index (χ3v) is 4.07. The maximum absolute atomic E-state index is 4.68. The van der Waals surface area contributed by atoms with Gasteiger partial charge >= 0.3 is 0 Å². The standard InChI is InChI=1S/C16H20BrN3/c1-10-5-6-14(15(17)9-10)16-19-11(2)13(7-8-18-4)12(3)20-16/h5-6,9,18H,7-8H2,1-4H3. The van der Waals surface area contributed by atoms with Gasteiger partial charge in [-0.2, -0.15) is 0 Å². The Labute approximate surface area is 129 Å². The van der Waals surface area contributed by atoms with E-state index in [0.717, 1.165) is 40.2 Å². The largest absolute Gasteiger partial charge is 0.319 e. The van der Waals surface area contributed by atoms with Crippen LogP contribution in [0.2, 0.25) is 0 Å². The van der Waals surface area contributed by atoms with Crippen molar-refractivity contribution in [3.63, 3.8) is 0 Å². The zero-order valence-corrected chi connectivity index (χ0v) is 14.0. The molecule has 0 unspecified atom stereocenters. The number of rotatable bonds is 4. The Kier molecular flexibility index (Phi) is 4.89. The lowest BCUT2D eigenvalue weighted by Crippen LogP contribution is -2.13. The van der Waals surface area contributed by atoms with Crippen molar-refractivity contribution in [1.29, 1.82) is 0 Å². The fourth-order valence-electron chi connectivity index (χ4n) is 2.27. The molecule has 4 heteroatoms. The zero-order chi connectivity index (χ0) is 14.7. The molecule has 0 aliphatic heterocycles. The van der Waals surface area contributed by atoms with Crippen LogP contribution in [0.1, 0.15) is 22.5 Å². The van der Waals surface area contributed by atoms with E-state index >= 15 is 0 Å². The molecule has 1 heterocycles. The van der Waals surface area contributed by atoms with E-state index in [1.54, 1.807) is 0 Å². The highest BCUT2D eigenvalue weighted by atomic mass is 79.9. The highest BCUT2D eigenvalue weighted by Gasteiger charge is 2.11. The summed E-state index contributed by atoms with van der Waals surface area (Å²) in [6.45, 7) is 7.14. The van der Waals surface area contributed by atoms with Gasteiger partial charge in [0.1, 0.15) is 0 Å². The Morgan fingerprint density at radius 3 is 2.30 bits per heavy atom. The fraction of sp³-hybridized carbons (Fsp3) is 0.375. The van der Waals surface area contributed by atoms with Crippen LogP contribution in [-0.2, 0) is 6.42 Å². The predicted octanol–water partition coefficient (Wildman–Crippen LogP) is 3.59. The second-order valence-corrected chi connectivity index (χ2v) is 5.89. The van der Waals surface area contributed by atoms with Gasteiger partial charge in [-0.3, -0.25) is 0 Å². The molecular weight excluding hydrogens is 314 g/mol. The summed E-state index contributed by atoms with van der Waals surface area (Å²) in [4.78, 5) is 9.36.